The Balaban J connectivity index is 2.17. The van der Waals surface area contributed by atoms with Gasteiger partial charge in [0.1, 0.15) is 5.75 Å². The van der Waals surface area contributed by atoms with E-state index in [9.17, 15) is 13.2 Å². The lowest BCUT2D eigenvalue weighted by Gasteiger charge is -2.11. The van der Waals surface area contributed by atoms with E-state index < -0.39 is 10.0 Å². The smallest absolute Gasteiger partial charge is 0.242 e. The van der Waals surface area contributed by atoms with Crippen LogP contribution in [-0.2, 0) is 10.0 Å². The lowest BCUT2D eigenvalue weighted by molar-refractivity contribution is 0.104. The molecule has 0 bridgehead atoms. The van der Waals surface area contributed by atoms with Crippen molar-refractivity contribution >= 4 is 21.9 Å². The molecular weight excluding hydrogens is 338 g/mol. The van der Waals surface area contributed by atoms with Crippen LogP contribution in [-0.4, -0.2) is 39.7 Å². The van der Waals surface area contributed by atoms with E-state index in [-0.39, 0.29) is 10.7 Å². The molecule has 2 aromatic rings. The molecule has 2 aromatic carbocycles. The largest absolute Gasteiger partial charge is 0.496 e. The van der Waals surface area contributed by atoms with E-state index in [4.69, 9.17) is 4.74 Å². The van der Waals surface area contributed by atoms with Crippen LogP contribution in [0, 0.1) is 6.92 Å². The van der Waals surface area contributed by atoms with Crippen LogP contribution < -0.4 is 4.74 Å². The second-order valence-corrected chi connectivity index (χ2v) is 7.89. The molecule has 0 amide bonds. The molecule has 6 heteroatoms. The summed E-state index contributed by atoms with van der Waals surface area (Å²) in [6, 6.07) is 11.5. The highest BCUT2D eigenvalue weighted by Gasteiger charge is 2.17. The van der Waals surface area contributed by atoms with Gasteiger partial charge in [0, 0.05) is 19.7 Å². The Labute approximate surface area is 148 Å². The van der Waals surface area contributed by atoms with Crippen LogP contribution in [0.15, 0.2) is 53.4 Å². The average molecular weight is 359 g/mol. The van der Waals surface area contributed by atoms with E-state index in [2.05, 4.69) is 0 Å². The second kappa shape index (κ2) is 7.63. The van der Waals surface area contributed by atoms with Crippen LogP contribution in [0.3, 0.4) is 0 Å². The molecule has 0 aliphatic carbocycles. The number of hydrogen-bond donors (Lipinski definition) is 0. The van der Waals surface area contributed by atoms with E-state index in [1.165, 1.54) is 44.4 Å². The molecule has 132 valence electrons. The predicted octanol–water partition coefficient (Wildman–Crippen LogP) is 3.15. The Morgan fingerprint density at radius 3 is 2.24 bits per heavy atom. The van der Waals surface area contributed by atoms with Crippen molar-refractivity contribution in [3.8, 4) is 5.75 Å². The number of methoxy groups -OCH3 is 1. The van der Waals surface area contributed by atoms with Gasteiger partial charge < -0.3 is 4.74 Å². The molecule has 0 aliphatic heterocycles. The molecule has 0 aliphatic rings. The minimum atomic E-state index is -3.49. The molecule has 25 heavy (non-hydrogen) atoms. The Morgan fingerprint density at radius 1 is 1.08 bits per heavy atom. The van der Waals surface area contributed by atoms with Crippen molar-refractivity contribution < 1.29 is 17.9 Å². The standard InChI is InChI=1S/C19H21NO4S/c1-14-13-15(6-12-19(14)24-4)5-11-18(21)16-7-9-17(10-8-16)25(22,23)20(2)3/h5-13H,1-4H3/b11-5+. The number of hydrogen-bond acceptors (Lipinski definition) is 4. The molecule has 5 nitrogen and oxygen atoms in total. The molecule has 0 N–H and O–H groups in total. The summed E-state index contributed by atoms with van der Waals surface area (Å²) in [6.45, 7) is 1.93. The van der Waals surface area contributed by atoms with Gasteiger partial charge in [-0.25, -0.2) is 12.7 Å². The van der Waals surface area contributed by atoms with Crippen molar-refractivity contribution in [3.63, 3.8) is 0 Å². The summed E-state index contributed by atoms with van der Waals surface area (Å²) in [5.41, 5.74) is 2.30. The number of rotatable bonds is 6. The molecule has 0 saturated heterocycles. The predicted molar refractivity (Wildman–Crippen MR) is 98.4 cm³/mol. The Hall–Kier alpha value is -2.44. The lowest BCUT2D eigenvalue weighted by atomic mass is 10.1. The number of benzene rings is 2. The zero-order chi connectivity index (χ0) is 18.6. The normalized spacial score (nSPS) is 11.9. The fourth-order valence-electron chi connectivity index (χ4n) is 2.28. The number of ether oxygens (including phenoxy) is 1. The minimum Gasteiger partial charge on any atom is -0.496 e. The summed E-state index contributed by atoms with van der Waals surface area (Å²) in [5, 5.41) is 0. The molecule has 0 aromatic heterocycles. The van der Waals surface area contributed by atoms with Crippen LogP contribution in [0.4, 0.5) is 0 Å². The van der Waals surface area contributed by atoms with Gasteiger partial charge in [0.2, 0.25) is 10.0 Å². The fourth-order valence-corrected chi connectivity index (χ4v) is 3.18. The van der Waals surface area contributed by atoms with E-state index in [1.54, 1.807) is 13.2 Å². The van der Waals surface area contributed by atoms with Gasteiger partial charge in [0.15, 0.2) is 5.78 Å². The fraction of sp³-hybridized carbons (Fsp3) is 0.211. The third-order valence-corrected chi connectivity index (χ3v) is 5.59. The molecule has 0 atom stereocenters. The topological polar surface area (TPSA) is 63.7 Å². The summed E-state index contributed by atoms with van der Waals surface area (Å²) in [5.74, 6) is 0.600. The van der Waals surface area contributed by atoms with Crippen molar-refractivity contribution in [2.24, 2.45) is 0 Å². The van der Waals surface area contributed by atoms with Crippen LogP contribution in [0.1, 0.15) is 21.5 Å². The Bertz CT molecular complexity index is 898. The summed E-state index contributed by atoms with van der Waals surface area (Å²) in [4.78, 5) is 12.4. The molecular formula is C19H21NO4S. The number of carbonyl (C=O) groups is 1. The zero-order valence-electron chi connectivity index (χ0n) is 14.7. The van der Waals surface area contributed by atoms with Crippen molar-refractivity contribution in [3.05, 3.63) is 65.2 Å². The van der Waals surface area contributed by atoms with Gasteiger partial charge >= 0.3 is 0 Å². The lowest BCUT2D eigenvalue weighted by Crippen LogP contribution is -2.22. The van der Waals surface area contributed by atoms with Gasteiger partial charge in [0.25, 0.3) is 0 Å². The molecule has 0 radical (unpaired) electrons. The van der Waals surface area contributed by atoms with Gasteiger partial charge in [0.05, 0.1) is 12.0 Å². The summed E-state index contributed by atoms with van der Waals surface area (Å²) < 4.78 is 30.4. The molecule has 2 rings (SSSR count). The van der Waals surface area contributed by atoms with Crippen LogP contribution >= 0.6 is 0 Å². The van der Waals surface area contributed by atoms with E-state index >= 15 is 0 Å². The van der Waals surface area contributed by atoms with Crippen molar-refractivity contribution in [1.82, 2.24) is 4.31 Å². The third-order valence-electron chi connectivity index (χ3n) is 3.76. The van der Waals surface area contributed by atoms with Gasteiger partial charge in [-0.3, -0.25) is 4.79 Å². The number of sulfonamides is 1. The average Bonchev–Trinajstić information content (AvgIpc) is 2.59. The molecule has 0 heterocycles. The first-order chi connectivity index (χ1) is 11.8. The monoisotopic (exact) mass is 359 g/mol. The van der Waals surface area contributed by atoms with Crippen molar-refractivity contribution in [1.29, 1.82) is 0 Å². The zero-order valence-corrected chi connectivity index (χ0v) is 15.5. The van der Waals surface area contributed by atoms with Crippen molar-refractivity contribution in [2.75, 3.05) is 21.2 Å². The van der Waals surface area contributed by atoms with Crippen LogP contribution in [0.5, 0.6) is 5.75 Å². The maximum Gasteiger partial charge on any atom is 0.242 e. The number of aryl methyl sites for hydroxylation is 1. The van der Waals surface area contributed by atoms with Gasteiger partial charge in [-0.15, -0.1) is 0 Å². The van der Waals surface area contributed by atoms with Crippen LogP contribution in [0.2, 0.25) is 0 Å². The first-order valence-electron chi connectivity index (χ1n) is 7.65. The Kier molecular flexibility index (Phi) is 5.77. The first kappa shape index (κ1) is 18.9. The third kappa shape index (κ3) is 4.35. The van der Waals surface area contributed by atoms with Gasteiger partial charge in [-0.05, 0) is 60.5 Å². The van der Waals surface area contributed by atoms with E-state index in [0.29, 0.717) is 5.56 Å². The quantitative estimate of drug-likeness (QED) is 0.587. The highest BCUT2D eigenvalue weighted by atomic mass is 32.2. The summed E-state index contributed by atoms with van der Waals surface area (Å²) >= 11 is 0. The van der Waals surface area contributed by atoms with E-state index in [0.717, 1.165) is 21.2 Å². The molecule has 0 unspecified atom stereocenters. The Morgan fingerprint density at radius 2 is 1.72 bits per heavy atom. The number of carbonyl (C=O) groups excluding carboxylic acids is 1. The number of allylic oxidation sites excluding steroid dienone is 1. The molecule has 0 fully saturated rings. The molecule has 0 saturated carbocycles. The first-order valence-corrected chi connectivity index (χ1v) is 9.09. The van der Waals surface area contributed by atoms with Gasteiger partial charge in [-0.2, -0.15) is 0 Å². The summed E-state index contributed by atoms with van der Waals surface area (Å²) in [6.07, 6.45) is 3.19. The maximum atomic E-state index is 12.2. The molecule has 0 spiro atoms. The number of nitrogens with zero attached hydrogens (tertiary/aromatic N) is 1. The number of ketones is 1. The maximum absolute atomic E-state index is 12.2. The van der Waals surface area contributed by atoms with Gasteiger partial charge in [-0.1, -0.05) is 12.1 Å². The van der Waals surface area contributed by atoms with Crippen molar-refractivity contribution in [2.45, 2.75) is 11.8 Å². The second-order valence-electron chi connectivity index (χ2n) is 5.74. The highest BCUT2D eigenvalue weighted by Crippen LogP contribution is 2.19. The summed E-state index contributed by atoms with van der Waals surface area (Å²) in [7, 11) is 1.05. The van der Waals surface area contributed by atoms with Crippen LogP contribution in [0.25, 0.3) is 6.08 Å². The highest BCUT2D eigenvalue weighted by molar-refractivity contribution is 7.89. The minimum absolute atomic E-state index is 0.156. The SMILES string of the molecule is COc1ccc(/C=C/C(=O)c2ccc(S(=O)(=O)N(C)C)cc2)cc1C. The van der Waals surface area contributed by atoms with E-state index in [1.807, 2.05) is 25.1 Å².